The van der Waals surface area contributed by atoms with E-state index < -0.39 is 11.8 Å². The van der Waals surface area contributed by atoms with Gasteiger partial charge in [-0.25, -0.2) is 0 Å². The predicted molar refractivity (Wildman–Crippen MR) is 104 cm³/mol. The number of hydrogen-bond acceptors (Lipinski definition) is 6. The first-order chi connectivity index (χ1) is 12.6. The Kier molecular flexibility index (Phi) is 12.4. The van der Waals surface area contributed by atoms with Crippen LogP contribution in [0.5, 0.6) is 0 Å². The molecule has 0 radical (unpaired) electrons. The molecular formula is C20H34N2O5. The van der Waals surface area contributed by atoms with E-state index in [-0.39, 0.29) is 29.9 Å². The molecule has 27 heavy (non-hydrogen) atoms. The van der Waals surface area contributed by atoms with E-state index in [1.807, 2.05) is 13.8 Å². The van der Waals surface area contributed by atoms with Crippen LogP contribution >= 0.6 is 0 Å². The molecule has 0 bridgehead atoms. The molecular weight excluding hydrogens is 348 g/mol. The highest BCUT2D eigenvalue weighted by atomic mass is 16.5. The van der Waals surface area contributed by atoms with Crippen molar-refractivity contribution < 1.29 is 23.9 Å². The molecule has 0 fully saturated rings. The second-order valence-electron chi connectivity index (χ2n) is 7.31. The van der Waals surface area contributed by atoms with Crippen molar-refractivity contribution in [3.05, 3.63) is 12.2 Å². The van der Waals surface area contributed by atoms with Crippen molar-refractivity contribution in [3.63, 3.8) is 0 Å². The van der Waals surface area contributed by atoms with E-state index in [1.165, 1.54) is 12.2 Å². The van der Waals surface area contributed by atoms with E-state index in [0.717, 1.165) is 11.4 Å². The van der Waals surface area contributed by atoms with Gasteiger partial charge < -0.3 is 10.1 Å². The highest BCUT2D eigenvalue weighted by Gasteiger charge is 2.26. The number of carbonyl (C=O) groups excluding carboxylic acids is 4. The molecule has 0 atom stereocenters. The number of ether oxygens (including phenoxy) is 1. The number of nitrogens with one attached hydrogen (secondary N) is 1. The molecule has 0 saturated carbocycles. The minimum absolute atomic E-state index is 0.106. The average Bonchev–Trinajstić information content (AvgIpc) is 2.89. The molecule has 1 N–H and O–H groups in total. The van der Waals surface area contributed by atoms with E-state index in [0.29, 0.717) is 25.7 Å². The number of nitrogens with zero attached hydrogens (tertiary/aromatic N) is 1. The molecule has 0 aromatic heterocycles. The fourth-order valence-corrected chi connectivity index (χ4v) is 1.91. The van der Waals surface area contributed by atoms with Crippen molar-refractivity contribution in [2.75, 3.05) is 26.3 Å². The van der Waals surface area contributed by atoms with Crippen LogP contribution < -0.4 is 5.32 Å². The maximum Gasteiger partial charge on any atom is 0.254 e. The lowest BCUT2D eigenvalue weighted by atomic mass is 10.1. The second-order valence-corrected chi connectivity index (χ2v) is 7.31. The maximum absolute atomic E-state index is 11.2. The molecule has 0 aromatic carbocycles. The van der Waals surface area contributed by atoms with Crippen LogP contribution in [0, 0.1) is 11.8 Å². The normalized spacial score (nSPS) is 13.6. The van der Waals surface area contributed by atoms with E-state index in [4.69, 9.17) is 4.74 Å². The smallest absolute Gasteiger partial charge is 0.254 e. The van der Waals surface area contributed by atoms with Crippen LogP contribution in [0.4, 0.5) is 0 Å². The molecule has 7 nitrogen and oxygen atoms in total. The molecule has 0 aliphatic carbocycles. The number of Topliss-reactive ketones (excluding diaryl/α,β-unsaturated/α-hetero) is 2. The van der Waals surface area contributed by atoms with Gasteiger partial charge in [0.25, 0.3) is 11.8 Å². The Morgan fingerprint density at radius 1 is 0.926 bits per heavy atom. The molecule has 0 aromatic rings. The number of imide groups is 1. The van der Waals surface area contributed by atoms with Gasteiger partial charge in [0.15, 0.2) is 5.78 Å². The summed E-state index contributed by atoms with van der Waals surface area (Å²) >= 11 is 0. The van der Waals surface area contributed by atoms with Crippen molar-refractivity contribution in [1.82, 2.24) is 10.2 Å². The summed E-state index contributed by atoms with van der Waals surface area (Å²) in [7, 11) is 0. The Morgan fingerprint density at radius 3 is 1.89 bits per heavy atom. The van der Waals surface area contributed by atoms with Crippen LogP contribution in [-0.4, -0.2) is 60.6 Å². The molecule has 0 spiro atoms. The van der Waals surface area contributed by atoms with Gasteiger partial charge in [-0.2, -0.15) is 0 Å². The van der Waals surface area contributed by atoms with Crippen LogP contribution in [0.25, 0.3) is 0 Å². The lowest BCUT2D eigenvalue weighted by Gasteiger charge is -2.13. The number of carbonyl (C=O) groups is 4. The number of hydrogen-bond donors (Lipinski definition) is 1. The van der Waals surface area contributed by atoms with Crippen LogP contribution in [0.1, 0.15) is 48.0 Å². The molecule has 2 amide bonds. The van der Waals surface area contributed by atoms with Crippen LogP contribution in [0.2, 0.25) is 0 Å². The summed E-state index contributed by atoms with van der Waals surface area (Å²) in [6.07, 6.45) is 2.89. The molecule has 0 saturated heterocycles. The first kappa shape index (κ1) is 25.1. The Labute approximate surface area is 162 Å². The summed E-state index contributed by atoms with van der Waals surface area (Å²) in [6.45, 7) is 13.5. The maximum atomic E-state index is 11.2. The monoisotopic (exact) mass is 382 g/mol. The highest BCUT2D eigenvalue weighted by molar-refractivity contribution is 6.14. The van der Waals surface area contributed by atoms with E-state index in [1.54, 1.807) is 13.8 Å². The summed E-state index contributed by atoms with van der Waals surface area (Å²) in [4.78, 5) is 45.4. The van der Waals surface area contributed by atoms with E-state index in [9.17, 15) is 19.2 Å². The number of amides is 2. The minimum atomic E-state index is -0.404. The van der Waals surface area contributed by atoms with Gasteiger partial charge in [-0.15, -0.1) is 0 Å². The van der Waals surface area contributed by atoms with Crippen LogP contribution in [0.3, 0.4) is 0 Å². The Balaban J connectivity index is 0.000000501. The zero-order valence-electron chi connectivity index (χ0n) is 17.4. The third-order valence-corrected chi connectivity index (χ3v) is 3.79. The minimum Gasteiger partial charge on any atom is -0.380 e. The van der Waals surface area contributed by atoms with E-state index >= 15 is 0 Å². The third kappa shape index (κ3) is 11.5. The van der Waals surface area contributed by atoms with Crippen LogP contribution in [0.15, 0.2) is 12.2 Å². The van der Waals surface area contributed by atoms with Gasteiger partial charge in [0.1, 0.15) is 5.78 Å². The van der Waals surface area contributed by atoms with Gasteiger partial charge in [0.2, 0.25) is 0 Å². The summed E-state index contributed by atoms with van der Waals surface area (Å²) < 4.78 is 5.32. The molecule has 1 aliphatic heterocycles. The lowest BCUT2D eigenvalue weighted by Crippen LogP contribution is -2.36. The van der Waals surface area contributed by atoms with Gasteiger partial charge >= 0.3 is 0 Å². The highest BCUT2D eigenvalue weighted by Crippen LogP contribution is 2.05. The Hall–Kier alpha value is -1.86. The average molecular weight is 383 g/mol. The van der Waals surface area contributed by atoms with Crippen LogP contribution in [-0.2, 0) is 23.9 Å². The molecule has 1 rings (SSSR count). The summed E-state index contributed by atoms with van der Waals surface area (Å²) in [5.74, 6) is -0.654. The zero-order chi connectivity index (χ0) is 21.0. The number of rotatable bonds is 11. The largest absolute Gasteiger partial charge is 0.380 e. The fraction of sp³-hybridized carbons (Fsp3) is 0.700. The summed E-state index contributed by atoms with van der Waals surface area (Å²) in [6, 6.07) is 0.496. The molecule has 154 valence electrons. The first-order valence-electron chi connectivity index (χ1n) is 9.46. The van der Waals surface area contributed by atoms with Gasteiger partial charge in [-0.3, -0.25) is 24.1 Å². The summed E-state index contributed by atoms with van der Waals surface area (Å²) in [5, 5.41) is 3.25. The van der Waals surface area contributed by atoms with Crippen molar-refractivity contribution in [3.8, 4) is 0 Å². The zero-order valence-corrected chi connectivity index (χ0v) is 17.4. The molecule has 1 aliphatic rings. The van der Waals surface area contributed by atoms with Crippen molar-refractivity contribution in [2.24, 2.45) is 11.8 Å². The topological polar surface area (TPSA) is 92.8 Å². The van der Waals surface area contributed by atoms with Crippen molar-refractivity contribution in [1.29, 1.82) is 0 Å². The molecule has 1 heterocycles. The molecule has 0 unspecified atom stereocenters. The first-order valence-corrected chi connectivity index (χ1v) is 9.46. The van der Waals surface area contributed by atoms with E-state index in [2.05, 4.69) is 19.2 Å². The molecule has 7 heteroatoms. The van der Waals surface area contributed by atoms with Gasteiger partial charge in [-0.1, -0.05) is 41.5 Å². The predicted octanol–water partition coefficient (Wildman–Crippen LogP) is 1.75. The third-order valence-electron chi connectivity index (χ3n) is 3.79. The van der Waals surface area contributed by atoms with Crippen molar-refractivity contribution in [2.45, 2.75) is 54.0 Å². The fourth-order valence-electron chi connectivity index (χ4n) is 1.91. The quantitative estimate of drug-likeness (QED) is 0.432. The van der Waals surface area contributed by atoms with Gasteiger partial charge in [0, 0.05) is 43.0 Å². The number of ketones is 2. The second kappa shape index (κ2) is 13.3. The lowest BCUT2D eigenvalue weighted by molar-refractivity contribution is -0.141. The summed E-state index contributed by atoms with van der Waals surface area (Å²) in [5.41, 5.74) is 0. The van der Waals surface area contributed by atoms with Crippen molar-refractivity contribution >= 4 is 23.4 Å². The van der Waals surface area contributed by atoms with Gasteiger partial charge in [-0.05, 0) is 0 Å². The Morgan fingerprint density at radius 2 is 1.44 bits per heavy atom. The Bertz CT molecular complexity index is 520. The SMILES string of the molecule is CC(C)C(=O)CN1C(=O)C=CC1=O.CC(C)NCCOCCC(=O)C(C)C. The van der Waals surface area contributed by atoms with Gasteiger partial charge in [0.05, 0.1) is 19.8 Å². The standard InChI is InChI=1S/C11H23NO2.C9H11NO3/c1-9(2)11(13)5-7-14-8-6-12-10(3)4;1-6(2)7(11)5-10-8(12)3-4-9(10)13/h9-10,12H,5-8H2,1-4H3;3-4,6H,5H2,1-2H3.